The van der Waals surface area contributed by atoms with Gasteiger partial charge in [0.2, 0.25) is 0 Å². The number of hydrogen-bond donors (Lipinski definition) is 1. The van der Waals surface area contributed by atoms with Gasteiger partial charge in [0.25, 0.3) is 5.91 Å². The number of nitrogens with zero attached hydrogens (tertiary/aromatic N) is 2. The summed E-state index contributed by atoms with van der Waals surface area (Å²) in [5.74, 6) is -0.00778. The third-order valence-electron chi connectivity index (χ3n) is 3.98. The monoisotopic (exact) mass is 351 g/mol. The second-order valence-corrected chi connectivity index (χ2v) is 5.96. The van der Waals surface area contributed by atoms with Gasteiger partial charge in [-0.1, -0.05) is 25.1 Å². The quantitative estimate of drug-likeness (QED) is 0.693. The molecule has 1 aromatic heterocycles. The molecule has 0 radical (unpaired) electrons. The van der Waals surface area contributed by atoms with Crippen LogP contribution in [0.2, 0.25) is 0 Å². The number of para-hydroxylation sites is 1. The molecule has 0 unspecified atom stereocenters. The Labute approximate surface area is 151 Å². The Bertz CT molecular complexity index is 932. The van der Waals surface area contributed by atoms with Gasteiger partial charge in [0.1, 0.15) is 5.82 Å². The van der Waals surface area contributed by atoms with Crippen LogP contribution in [0.25, 0.3) is 16.7 Å². The van der Waals surface area contributed by atoms with Crippen LogP contribution >= 0.6 is 0 Å². The summed E-state index contributed by atoms with van der Waals surface area (Å²) in [7, 11) is 0. The van der Waals surface area contributed by atoms with E-state index in [-0.39, 0.29) is 12.5 Å². The van der Waals surface area contributed by atoms with E-state index in [0.29, 0.717) is 17.6 Å². The van der Waals surface area contributed by atoms with E-state index in [9.17, 15) is 9.59 Å². The van der Waals surface area contributed by atoms with Gasteiger partial charge in [-0.25, -0.2) is 9.78 Å². The molecular weight excluding hydrogens is 330 g/mol. The van der Waals surface area contributed by atoms with E-state index in [2.05, 4.69) is 10.3 Å². The average molecular weight is 351 g/mol. The first-order valence-electron chi connectivity index (χ1n) is 8.58. The number of ether oxygens (including phenoxy) is 1. The van der Waals surface area contributed by atoms with Crippen molar-refractivity contribution in [3.05, 3.63) is 59.9 Å². The second kappa shape index (κ2) is 7.82. The first-order chi connectivity index (χ1) is 12.6. The van der Waals surface area contributed by atoms with Crippen molar-refractivity contribution in [1.29, 1.82) is 0 Å². The van der Waals surface area contributed by atoms with Crippen LogP contribution in [0, 0.1) is 6.92 Å². The highest BCUT2D eigenvalue weighted by Crippen LogP contribution is 2.22. The first-order valence-corrected chi connectivity index (χ1v) is 8.58. The van der Waals surface area contributed by atoms with Crippen LogP contribution in [-0.4, -0.2) is 34.6 Å². The Morgan fingerprint density at radius 1 is 1.15 bits per heavy atom. The van der Waals surface area contributed by atoms with Crippen LogP contribution in [0.5, 0.6) is 0 Å². The highest BCUT2D eigenvalue weighted by atomic mass is 16.5. The predicted molar refractivity (Wildman–Crippen MR) is 99.4 cm³/mol. The molecule has 2 aromatic carbocycles. The van der Waals surface area contributed by atoms with Gasteiger partial charge in [0.15, 0.2) is 6.61 Å². The third kappa shape index (κ3) is 3.74. The summed E-state index contributed by atoms with van der Waals surface area (Å²) in [6.07, 6.45) is 0.833. The van der Waals surface area contributed by atoms with Gasteiger partial charge in [-0.15, -0.1) is 0 Å². The normalized spacial score (nSPS) is 10.7. The minimum absolute atomic E-state index is 0.283. The van der Waals surface area contributed by atoms with Gasteiger partial charge in [-0.05, 0) is 43.7 Å². The Morgan fingerprint density at radius 2 is 1.92 bits per heavy atom. The SMILES string of the molecule is CCCNC(=O)COC(=O)c1ccc2c(c1)nc(C)n2-c1ccccc1. The van der Waals surface area contributed by atoms with Gasteiger partial charge in [-0.2, -0.15) is 0 Å². The van der Waals surface area contributed by atoms with Crippen LogP contribution < -0.4 is 5.32 Å². The van der Waals surface area contributed by atoms with Crippen molar-refractivity contribution in [3.63, 3.8) is 0 Å². The molecular formula is C20H21N3O3. The third-order valence-corrected chi connectivity index (χ3v) is 3.98. The van der Waals surface area contributed by atoms with E-state index in [0.717, 1.165) is 23.4 Å². The summed E-state index contributed by atoms with van der Waals surface area (Å²) in [5.41, 5.74) is 3.00. The van der Waals surface area contributed by atoms with Gasteiger partial charge < -0.3 is 10.1 Å². The molecule has 6 nitrogen and oxygen atoms in total. The standard InChI is InChI=1S/C20H21N3O3/c1-3-11-21-19(24)13-26-20(25)15-9-10-18-17(12-15)22-14(2)23(18)16-7-5-4-6-8-16/h4-10,12H,3,11,13H2,1-2H3,(H,21,24). The van der Waals surface area contributed by atoms with Crippen molar-refractivity contribution in [2.24, 2.45) is 0 Å². The van der Waals surface area contributed by atoms with E-state index in [4.69, 9.17) is 4.74 Å². The molecule has 6 heteroatoms. The number of esters is 1. The number of hydrogen-bond acceptors (Lipinski definition) is 4. The molecule has 26 heavy (non-hydrogen) atoms. The van der Waals surface area contributed by atoms with E-state index in [1.54, 1.807) is 12.1 Å². The fraction of sp³-hybridized carbons (Fsp3) is 0.250. The zero-order valence-corrected chi connectivity index (χ0v) is 14.9. The highest BCUT2D eigenvalue weighted by molar-refractivity contribution is 5.95. The molecule has 0 saturated heterocycles. The second-order valence-electron chi connectivity index (χ2n) is 5.96. The van der Waals surface area contributed by atoms with E-state index in [1.807, 2.05) is 54.8 Å². The summed E-state index contributed by atoms with van der Waals surface area (Å²) in [6.45, 7) is 4.16. The molecule has 0 aliphatic carbocycles. The number of rotatable bonds is 6. The maximum Gasteiger partial charge on any atom is 0.338 e. The van der Waals surface area contributed by atoms with Crippen molar-refractivity contribution < 1.29 is 14.3 Å². The van der Waals surface area contributed by atoms with Gasteiger partial charge in [-0.3, -0.25) is 9.36 Å². The van der Waals surface area contributed by atoms with E-state index >= 15 is 0 Å². The zero-order chi connectivity index (χ0) is 18.5. The van der Waals surface area contributed by atoms with Crippen molar-refractivity contribution in [1.82, 2.24) is 14.9 Å². The molecule has 134 valence electrons. The molecule has 3 aromatic rings. The zero-order valence-electron chi connectivity index (χ0n) is 14.9. The maximum absolute atomic E-state index is 12.2. The molecule has 0 spiro atoms. The summed E-state index contributed by atoms with van der Waals surface area (Å²) in [6, 6.07) is 15.1. The summed E-state index contributed by atoms with van der Waals surface area (Å²) < 4.78 is 7.10. The van der Waals surface area contributed by atoms with Crippen molar-refractivity contribution >= 4 is 22.9 Å². The van der Waals surface area contributed by atoms with Gasteiger partial charge in [0.05, 0.1) is 16.6 Å². The van der Waals surface area contributed by atoms with Crippen molar-refractivity contribution in [2.45, 2.75) is 20.3 Å². The number of carbonyl (C=O) groups excluding carboxylic acids is 2. The number of aryl methyl sites for hydroxylation is 1. The smallest absolute Gasteiger partial charge is 0.338 e. The molecule has 0 atom stereocenters. The first kappa shape index (κ1) is 17.7. The maximum atomic E-state index is 12.2. The van der Waals surface area contributed by atoms with Gasteiger partial charge in [0, 0.05) is 12.2 Å². The lowest BCUT2D eigenvalue weighted by Crippen LogP contribution is -2.29. The fourth-order valence-electron chi connectivity index (χ4n) is 2.76. The molecule has 3 rings (SSSR count). The van der Waals surface area contributed by atoms with Crippen molar-refractivity contribution in [2.75, 3.05) is 13.2 Å². The Hall–Kier alpha value is -3.15. The Balaban J connectivity index is 1.80. The number of amides is 1. The molecule has 0 bridgehead atoms. The molecule has 1 heterocycles. The van der Waals surface area contributed by atoms with E-state index in [1.165, 1.54) is 0 Å². The van der Waals surface area contributed by atoms with Crippen LogP contribution in [0.4, 0.5) is 0 Å². The van der Waals surface area contributed by atoms with Crippen LogP contribution in [0.15, 0.2) is 48.5 Å². The molecule has 0 saturated carbocycles. The van der Waals surface area contributed by atoms with Crippen LogP contribution in [-0.2, 0) is 9.53 Å². The minimum Gasteiger partial charge on any atom is -0.452 e. The van der Waals surface area contributed by atoms with Crippen LogP contribution in [0.1, 0.15) is 29.5 Å². The predicted octanol–water partition coefficient (Wildman–Crippen LogP) is 3.02. The molecule has 1 N–H and O–H groups in total. The minimum atomic E-state index is -0.537. The van der Waals surface area contributed by atoms with Crippen molar-refractivity contribution in [3.8, 4) is 5.69 Å². The lowest BCUT2D eigenvalue weighted by atomic mass is 10.2. The van der Waals surface area contributed by atoms with Crippen LogP contribution in [0.3, 0.4) is 0 Å². The topological polar surface area (TPSA) is 73.2 Å². The van der Waals surface area contributed by atoms with E-state index < -0.39 is 5.97 Å². The highest BCUT2D eigenvalue weighted by Gasteiger charge is 2.14. The number of carbonyl (C=O) groups is 2. The summed E-state index contributed by atoms with van der Waals surface area (Å²) >= 11 is 0. The average Bonchev–Trinajstić information content (AvgIpc) is 2.99. The number of benzene rings is 2. The largest absolute Gasteiger partial charge is 0.452 e. The van der Waals surface area contributed by atoms with Gasteiger partial charge >= 0.3 is 5.97 Å². The lowest BCUT2D eigenvalue weighted by Gasteiger charge is -2.07. The molecule has 0 aliphatic rings. The number of fused-ring (bicyclic) bond motifs is 1. The Morgan fingerprint density at radius 3 is 2.65 bits per heavy atom. The fourth-order valence-corrected chi connectivity index (χ4v) is 2.76. The number of imidazole rings is 1. The molecule has 0 aliphatic heterocycles. The molecule has 1 amide bonds. The molecule has 0 fully saturated rings. The number of aromatic nitrogens is 2. The summed E-state index contributed by atoms with van der Waals surface area (Å²) in [4.78, 5) is 28.3. The number of nitrogens with one attached hydrogen (secondary N) is 1. The Kier molecular flexibility index (Phi) is 5.31. The lowest BCUT2D eigenvalue weighted by molar-refractivity contribution is -0.124. The summed E-state index contributed by atoms with van der Waals surface area (Å²) in [5, 5.41) is 2.67.